The molecule has 0 fully saturated rings. The zero-order valence-corrected chi connectivity index (χ0v) is 27.0. The van der Waals surface area contributed by atoms with Crippen LogP contribution in [0.15, 0.2) is 170 Å². The monoisotopic (exact) mass is 636 g/mol. The van der Waals surface area contributed by atoms with Crippen molar-refractivity contribution in [2.75, 3.05) is 0 Å². The van der Waals surface area contributed by atoms with Crippen molar-refractivity contribution in [1.82, 2.24) is 18.9 Å². The lowest BCUT2D eigenvalue weighted by Crippen LogP contribution is -1.99. The minimum Gasteiger partial charge on any atom is -0.308 e. The Hall–Kier alpha value is -6.78. The van der Waals surface area contributed by atoms with Crippen LogP contribution < -0.4 is 0 Å². The van der Waals surface area contributed by atoms with Gasteiger partial charge in [-0.25, -0.2) is 9.97 Å². The molecule has 0 spiro atoms. The van der Waals surface area contributed by atoms with Gasteiger partial charge in [0.25, 0.3) is 0 Å². The fourth-order valence-electron chi connectivity index (χ4n) is 8.05. The first-order chi connectivity index (χ1) is 24.8. The molecule has 0 amide bonds. The van der Waals surface area contributed by atoms with Gasteiger partial charge in [-0.2, -0.15) is 0 Å². The minimum atomic E-state index is 0.717. The van der Waals surface area contributed by atoms with E-state index in [2.05, 4.69) is 161 Å². The molecule has 4 heterocycles. The topological polar surface area (TPSA) is 35.1 Å². The summed E-state index contributed by atoms with van der Waals surface area (Å²) in [6.07, 6.45) is 0. The molecule has 50 heavy (non-hydrogen) atoms. The lowest BCUT2D eigenvalue weighted by Gasteiger charge is -2.12. The van der Waals surface area contributed by atoms with E-state index in [0.717, 1.165) is 50.0 Å². The van der Waals surface area contributed by atoms with Crippen molar-refractivity contribution in [2.24, 2.45) is 0 Å². The van der Waals surface area contributed by atoms with Gasteiger partial charge in [-0.1, -0.05) is 127 Å². The summed E-state index contributed by atoms with van der Waals surface area (Å²) in [7, 11) is 0. The lowest BCUT2D eigenvalue weighted by atomic mass is 10.0. The summed E-state index contributed by atoms with van der Waals surface area (Å²) in [5.41, 5.74) is 13.2. The average Bonchev–Trinajstić information content (AvgIpc) is 3.83. The van der Waals surface area contributed by atoms with E-state index >= 15 is 0 Å². The lowest BCUT2D eigenvalue weighted by molar-refractivity contribution is 1.15. The van der Waals surface area contributed by atoms with E-state index in [0.29, 0.717) is 5.82 Å². The molecule has 11 aromatic rings. The third-order valence-electron chi connectivity index (χ3n) is 10.2. The van der Waals surface area contributed by atoms with E-state index in [4.69, 9.17) is 9.97 Å². The summed E-state index contributed by atoms with van der Waals surface area (Å²) >= 11 is 0. The Morgan fingerprint density at radius 3 is 1.70 bits per heavy atom. The smallest absolute Gasteiger partial charge is 0.160 e. The largest absolute Gasteiger partial charge is 0.308 e. The molecular formula is C46H28N4. The summed E-state index contributed by atoms with van der Waals surface area (Å²) in [6, 6.07) is 60.5. The van der Waals surface area contributed by atoms with Gasteiger partial charge in [0.1, 0.15) is 5.52 Å². The van der Waals surface area contributed by atoms with Gasteiger partial charge in [-0.15, -0.1) is 0 Å². The molecule has 0 bridgehead atoms. The molecule has 0 aliphatic rings. The molecule has 11 rings (SSSR count). The second-order valence-electron chi connectivity index (χ2n) is 13.0. The van der Waals surface area contributed by atoms with Gasteiger partial charge in [0.05, 0.1) is 33.3 Å². The summed E-state index contributed by atoms with van der Waals surface area (Å²) in [5.74, 6) is 0.717. The van der Waals surface area contributed by atoms with Crippen molar-refractivity contribution in [3.8, 4) is 39.5 Å². The standard InChI is InChI=1S/C46H28N4/c1-4-13-29(14-5-1)42-45-43(48-46(47-42)30-15-6-2-7-16-30)38-28-32(24-26-41(38)49(45)33-17-8-3-9-18-33)31-23-25-40-37(27-31)36-21-12-20-35-34-19-10-11-22-39(34)50(40)44(35)36/h1-28H. The van der Waals surface area contributed by atoms with Crippen molar-refractivity contribution < 1.29 is 0 Å². The second kappa shape index (κ2) is 10.4. The van der Waals surface area contributed by atoms with Crippen molar-refractivity contribution in [3.63, 3.8) is 0 Å². The fourth-order valence-corrected chi connectivity index (χ4v) is 8.05. The maximum Gasteiger partial charge on any atom is 0.160 e. The van der Waals surface area contributed by atoms with Gasteiger partial charge in [-0.05, 0) is 53.6 Å². The van der Waals surface area contributed by atoms with Crippen LogP contribution in [-0.4, -0.2) is 18.9 Å². The van der Waals surface area contributed by atoms with Crippen LogP contribution in [0.2, 0.25) is 0 Å². The second-order valence-corrected chi connectivity index (χ2v) is 13.0. The van der Waals surface area contributed by atoms with Gasteiger partial charge >= 0.3 is 0 Å². The molecule has 7 aromatic carbocycles. The number of rotatable bonds is 4. The minimum absolute atomic E-state index is 0.717. The predicted molar refractivity (Wildman–Crippen MR) is 207 cm³/mol. The van der Waals surface area contributed by atoms with Crippen LogP contribution in [0.25, 0.3) is 99.5 Å². The zero-order chi connectivity index (χ0) is 32.8. The number of nitrogens with zero attached hydrogens (tertiary/aromatic N) is 4. The third-order valence-corrected chi connectivity index (χ3v) is 10.2. The molecular weight excluding hydrogens is 609 g/mol. The molecule has 232 valence electrons. The highest BCUT2D eigenvalue weighted by Crippen LogP contribution is 2.42. The quantitative estimate of drug-likeness (QED) is 0.193. The number of aromatic nitrogens is 4. The van der Waals surface area contributed by atoms with Crippen LogP contribution >= 0.6 is 0 Å². The van der Waals surface area contributed by atoms with Crippen LogP contribution in [0, 0.1) is 0 Å². The van der Waals surface area contributed by atoms with Crippen molar-refractivity contribution in [3.05, 3.63) is 170 Å². The predicted octanol–water partition coefficient (Wildman–Crippen LogP) is 11.7. The number of para-hydroxylation sites is 3. The van der Waals surface area contributed by atoms with Gasteiger partial charge in [0, 0.05) is 43.7 Å². The summed E-state index contributed by atoms with van der Waals surface area (Å²) < 4.78 is 4.76. The van der Waals surface area contributed by atoms with Crippen LogP contribution in [0.3, 0.4) is 0 Å². The molecule has 0 atom stereocenters. The van der Waals surface area contributed by atoms with E-state index in [-0.39, 0.29) is 0 Å². The Labute approximate surface area is 287 Å². The van der Waals surface area contributed by atoms with Gasteiger partial charge < -0.3 is 8.97 Å². The van der Waals surface area contributed by atoms with E-state index in [1.165, 1.54) is 43.7 Å². The summed E-state index contributed by atoms with van der Waals surface area (Å²) in [5, 5.41) is 6.24. The Morgan fingerprint density at radius 2 is 0.940 bits per heavy atom. The molecule has 0 radical (unpaired) electrons. The molecule has 0 saturated carbocycles. The number of hydrogen-bond donors (Lipinski definition) is 0. The Bertz CT molecular complexity index is 3070. The SMILES string of the molecule is c1ccc(-c2nc(-c3ccccc3)c3c(n2)c2cc(-c4ccc5c(c4)c4cccc6c7ccccc7n5c64)ccc2n3-c2ccccc2)cc1. The Balaban J connectivity index is 1.21. The van der Waals surface area contributed by atoms with Gasteiger partial charge in [-0.3, -0.25) is 0 Å². The molecule has 0 N–H and O–H groups in total. The number of benzene rings is 7. The maximum absolute atomic E-state index is 5.34. The van der Waals surface area contributed by atoms with E-state index in [1.807, 2.05) is 18.2 Å². The van der Waals surface area contributed by atoms with Crippen molar-refractivity contribution in [1.29, 1.82) is 0 Å². The molecule has 4 aromatic heterocycles. The zero-order valence-electron chi connectivity index (χ0n) is 27.0. The van der Waals surface area contributed by atoms with Crippen LogP contribution in [0.4, 0.5) is 0 Å². The van der Waals surface area contributed by atoms with Crippen molar-refractivity contribution >= 4 is 60.0 Å². The van der Waals surface area contributed by atoms with Crippen molar-refractivity contribution in [2.45, 2.75) is 0 Å². The molecule has 4 nitrogen and oxygen atoms in total. The highest BCUT2D eigenvalue weighted by atomic mass is 15.0. The molecule has 0 unspecified atom stereocenters. The van der Waals surface area contributed by atoms with Crippen LogP contribution in [0.5, 0.6) is 0 Å². The van der Waals surface area contributed by atoms with E-state index in [1.54, 1.807) is 0 Å². The van der Waals surface area contributed by atoms with Gasteiger partial charge in [0.2, 0.25) is 0 Å². The third kappa shape index (κ3) is 3.81. The number of hydrogen-bond acceptors (Lipinski definition) is 2. The first-order valence-electron chi connectivity index (χ1n) is 17.0. The highest BCUT2D eigenvalue weighted by Gasteiger charge is 2.22. The summed E-state index contributed by atoms with van der Waals surface area (Å²) in [4.78, 5) is 10.6. The Kier molecular flexibility index (Phi) is 5.63. The first kappa shape index (κ1) is 27.2. The molecule has 0 aliphatic carbocycles. The maximum atomic E-state index is 5.34. The molecule has 0 saturated heterocycles. The summed E-state index contributed by atoms with van der Waals surface area (Å²) in [6.45, 7) is 0. The number of fused-ring (bicyclic) bond motifs is 9. The van der Waals surface area contributed by atoms with E-state index in [9.17, 15) is 0 Å². The molecule has 0 aliphatic heterocycles. The van der Waals surface area contributed by atoms with Gasteiger partial charge in [0.15, 0.2) is 5.82 Å². The first-order valence-corrected chi connectivity index (χ1v) is 17.0. The average molecular weight is 637 g/mol. The molecule has 4 heteroatoms. The highest BCUT2D eigenvalue weighted by molar-refractivity contribution is 6.23. The Morgan fingerprint density at radius 1 is 0.360 bits per heavy atom. The van der Waals surface area contributed by atoms with Crippen LogP contribution in [-0.2, 0) is 0 Å². The van der Waals surface area contributed by atoms with Crippen LogP contribution in [0.1, 0.15) is 0 Å². The fraction of sp³-hybridized carbons (Fsp3) is 0. The van der Waals surface area contributed by atoms with E-state index < -0.39 is 0 Å². The normalized spacial score (nSPS) is 12.0.